The maximum atomic E-state index is 10.9. The number of aliphatic hydroxyl groups is 1. The Labute approximate surface area is 135 Å². The maximum absolute atomic E-state index is 10.9. The van der Waals surface area contributed by atoms with Crippen LogP contribution in [-0.2, 0) is 18.8 Å². The van der Waals surface area contributed by atoms with E-state index in [2.05, 4.69) is 15.0 Å². The van der Waals surface area contributed by atoms with E-state index in [9.17, 15) is 9.67 Å². The van der Waals surface area contributed by atoms with Crippen LogP contribution in [0.5, 0.6) is 0 Å². The summed E-state index contributed by atoms with van der Waals surface area (Å²) in [5.74, 6) is 0.181. The molecule has 2 aromatic heterocycles. The lowest BCUT2D eigenvalue weighted by molar-refractivity contribution is -0.167. The summed E-state index contributed by atoms with van der Waals surface area (Å²) in [6.07, 6.45) is -2.56. The van der Waals surface area contributed by atoms with Gasteiger partial charge in [-0.3, -0.25) is 9.13 Å². The van der Waals surface area contributed by atoms with Gasteiger partial charge in [0.1, 0.15) is 24.1 Å². The Morgan fingerprint density at radius 1 is 1.42 bits per heavy atom. The fraction of sp³-hybridized carbons (Fsp3) is 0.545. The van der Waals surface area contributed by atoms with E-state index in [-0.39, 0.29) is 5.82 Å². The van der Waals surface area contributed by atoms with Crippen LogP contribution in [-0.4, -0.2) is 66.4 Å². The summed E-state index contributed by atoms with van der Waals surface area (Å²) in [5, 5.41) is 10.2. The third-order valence-corrected chi connectivity index (χ3v) is 4.00. The number of methoxy groups -OCH3 is 1. The molecule has 0 bridgehead atoms. The Bertz CT molecular complexity index is 779. The number of imidazole rings is 1. The minimum absolute atomic E-state index is 0.181. The summed E-state index contributed by atoms with van der Waals surface area (Å²) < 4.78 is 28.1. The van der Waals surface area contributed by atoms with Crippen molar-refractivity contribution in [2.24, 2.45) is 0 Å². The first-order valence-electron chi connectivity index (χ1n) is 6.77. The van der Waals surface area contributed by atoms with Crippen molar-refractivity contribution in [2.45, 2.75) is 24.7 Å². The van der Waals surface area contributed by atoms with Gasteiger partial charge in [0.05, 0.1) is 6.33 Å². The van der Waals surface area contributed by atoms with Gasteiger partial charge in [0.2, 0.25) is 0 Å². The molecule has 3 heterocycles. The number of nitrogens with zero attached hydrogens (tertiary/aromatic N) is 4. The van der Waals surface area contributed by atoms with Crippen LogP contribution in [0, 0.1) is 0 Å². The van der Waals surface area contributed by atoms with E-state index in [1.165, 1.54) is 24.3 Å². The van der Waals surface area contributed by atoms with Crippen molar-refractivity contribution in [3.8, 4) is 0 Å². The normalized spacial score (nSPS) is 27.8. The van der Waals surface area contributed by atoms with Crippen molar-refractivity contribution >= 4 is 24.6 Å². The van der Waals surface area contributed by atoms with Gasteiger partial charge in [0.15, 0.2) is 30.3 Å². The maximum Gasteiger partial charge on any atom is 0.351 e. The molecule has 1 fully saturated rings. The number of anilines is 1. The molecular formula is C11H16N5O7P. The van der Waals surface area contributed by atoms with Crippen LogP contribution < -0.4 is 5.73 Å². The first kappa shape index (κ1) is 17.2. The highest BCUT2D eigenvalue weighted by Gasteiger charge is 2.47. The number of fused-ring (bicyclic) bond motifs is 1. The number of ether oxygens (including phenoxy) is 3. The van der Waals surface area contributed by atoms with Crippen molar-refractivity contribution in [3.05, 3.63) is 12.7 Å². The highest BCUT2D eigenvalue weighted by molar-refractivity contribution is 7.51. The zero-order valence-electron chi connectivity index (χ0n) is 12.5. The predicted molar refractivity (Wildman–Crippen MR) is 78.4 cm³/mol. The molecule has 3 rings (SSSR count). The van der Waals surface area contributed by atoms with Crippen molar-refractivity contribution in [1.82, 2.24) is 19.5 Å². The molecule has 24 heavy (non-hydrogen) atoms. The van der Waals surface area contributed by atoms with E-state index >= 15 is 0 Å². The zero-order valence-corrected chi connectivity index (χ0v) is 13.4. The average Bonchev–Trinajstić information content (AvgIpc) is 3.06. The van der Waals surface area contributed by atoms with E-state index in [1.807, 2.05) is 0 Å². The molecular weight excluding hydrogens is 345 g/mol. The second-order valence-corrected chi connectivity index (χ2v) is 6.72. The first-order chi connectivity index (χ1) is 11.3. The molecule has 0 saturated carbocycles. The van der Waals surface area contributed by atoms with Gasteiger partial charge in [-0.2, -0.15) is 0 Å². The second-order valence-electron chi connectivity index (χ2n) is 5.13. The van der Waals surface area contributed by atoms with Gasteiger partial charge in [-0.15, -0.1) is 0 Å². The minimum atomic E-state index is -4.41. The van der Waals surface area contributed by atoms with Crippen molar-refractivity contribution in [1.29, 1.82) is 0 Å². The smallest absolute Gasteiger partial charge is 0.351 e. The predicted octanol–water partition coefficient (Wildman–Crippen LogP) is -1.21. The molecule has 5 N–H and O–H groups in total. The molecule has 1 unspecified atom stereocenters. The SMILES string of the molecule is CO[C@H]1C(O)[C@@H](OCP(=O)(O)O)O[C@H]1n1cnc2c(N)ncnc21. The van der Waals surface area contributed by atoms with Crippen molar-refractivity contribution in [3.63, 3.8) is 0 Å². The van der Waals surface area contributed by atoms with E-state index in [1.54, 1.807) is 0 Å². The summed E-state index contributed by atoms with van der Waals surface area (Å²) in [6, 6.07) is 0. The highest BCUT2D eigenvalue weighted by Crippen LogP contribution is 2.38. The number of rotatable bonds is 5. The van der Waals surface area contributed by atoms with Gasteiger partial charge in [-0.25, -0.2) is 15.0 Å². The Balaban J connectivity index is 1.89. The standard InChI is InChI=1S/C11H16N5O7P/c1-21-7-6(17)11(22-4-24(18,19)20)23-10(7)16-3-15-5-8(12)13-2-14-9(5)16/h2-3,6-7,10-11,17H,4H2,1H3,(H2,12,13,14)(H2,18,19,20)/t6?,7-,10+,11-/m0/s1. The largest absolute Gasteiger partial charge is 0.385 e. The summed E-state index contributed by atoms with van der Waals surface area (Å²) >= 11 is 0. The number of nitrogens with two attached hydrogens (primary N) is 1. The monoisotopic (exact) mass is 361 g/mol. The zero-order chi connectivity index (χ0) is 17.5. The first-order valence-corrected chi connectivity index (χ1v) is 8.57. The van der Waals surface area contributed by atoms with E-state index in [4.69, 9.17) is 29.7 Å². The van der Waals surface area contributed by atoms with Gasteiger partial charge >= 0.3 is 7.60 Å². The molecule has 0 spiro atoms. The summed E-state index contributed by atoms with van der Waals surface area (Å²) in [6.45, 7) is 0. The van der Waals surface area contributed by atoms with E-state index < -0.39 is 38.7 Å². The van der Waals surface area contributed by atoms with Crippen LogP contribution in [0.15, 0.2) is 12.7 Å². The molecule has 0 radical (unpaired) electrons. The average molecular weight is 361 g/mol. The Kier molecular flexibility index (Phi) is 4.53. The third-order valence-electron chi connectivity index (χ3n) is 3.51. The molecule has 1 saturated heterocycles. The molecule has 4 atom stereocenters. The van der Waals surface area contributed by atoms with Crippen LogP contribution in [0.1, 0.15) is 6.23 Å². The highest BCUT2D eigenvalue weighted by atomic mass is 31.2. The number of nitrogen functional groups attached to an aromatic ring is 1. The van der Waals surface area contributed by atoms with Gasteiger partial charge in [-0.05, 0) is 0 Å². The van der Waals surface area contributed by atoms with Crippen LogP contribution in [0.3, 0.4) is 0 Å². The van der Waals surface area contributed by atoms with Crippen molar-refractivity contribution < 1.29 is 33.7 Å². The molecule has 0 aliphatic carbocycles. The second kappa shape index (κ2) is 6.33. The third kappa shape index (κ3) is 3.13. The Morgan fingerprint density at radius 3 is 2.83 bits per heavy atom. The molecule has 12 nitrogen and oxygen atoms in total. The topological polar surface area (TPSA) is 175 Å². The number of hydrogen-bond donors (Lipinski definition) is 4. The lowest BCUT2D eigenvalue weighted by atomic mass is 10.2. The quantitative estimate of drug-likeness (QED) is 0.470. The lowest BCUT2D eigenvalue weighted by Gasteiger charge is -2.19. The Hall–Kier alpha value is -1.66. The lowest BCUT2D eigenvalue weighted by Crippen LogP contribution is -2.34. The van der Waals surface area contributed by atoms with Gasteiger partial charge in [0.25, 0.3) is 0 Å². The van der Waals surface area contributed by atoms with Gasteiger partial charge in [0, 0.05) is 7.11 Å². The molecule has 1 aliphatic rings. The fourth-order valence-electron chi connectivity index (χ4n) is 2.46. The number of aliphatic hydroxyl groups excluding tert-OH is 1. The molecule has 132 valence electrons. The van der Waals surface area contributed by atoms with Crippen molar-refractivity contribution in [2.75, 3.05) is 19.2 Å². The summed E-state index contributed by atoms with van der Waals surface area (Å²) in [7, 11) is -3.05. The van der Waals surface area contributed by atoms with Gasteiger partial charge < -0.3 is 34.8 Å². The fourth-order valence-corrected chi connectivity index (χ4v) is 2.80. The summed E-state index contributed by atoms with van der Waals surface area (Å²) in [5.41, 5.74) is 6.44. The van der Waals surface area contributed by atoms with E-state index in [0.717, 1.165) is 0 Å². The summed E-state index contributed by atoms with van der Waals surface area (Å²) in [4.78, 5) is 29.8. The molecule has 0 amide bonds. The molecule has 13 heteroatoms. The van der Waals surface area contributed by atoms with Crippen LogP contribution in [0.4, 0.5) is 5.82 Å². The van der Waals surface area contributed by atoms with Crippen LogP contribution in [0.25, 0.3) is 11.2 Å². The molecule has 1 aliphatic heterocycles. The molecule has 2 aromatic rings. The van der Waals surface area contributed by atoms with E-state index in [0.29, 0.717) is 11.2 Å². The van der Waals surface area contributed by atoms with Gasteiger partial charge in [-0.1, -0.05) is 0 Å². The number of aromatic nitrogens is 4. The Morgan fingerprint density at radius 2 is 2.17 bits per heavy atom. The molecule has 0 aromatic carbocycles. The number of hydrogen-bond acceptors (Lipinski definition) is 9. The van der Waals surface area contributed by atoms with Crippen LogP contribution in [0.2, 0.25) is 0 Å². The van der Waals surface area contributed by atoms with Crippen LogP contribution >= 0.6 is 7.60 Å². The minimum Gasteiger partial charge on any atom is -0.385 e.